The topological polar surface area (TPSA) is 63.5 Å². The minimum atomic E-state index is 0.0230. The van der Waals surface area contributed by atoms with E-state index in [2.05, 4.69) is 31.9 Å². The average molecular weight is 436 g/mol. The number of benzene rings is 1. The van der Waals surface area contributed by atoms with Gasteiger partial charge in [-0.05, 0) is 64.4 Å². The number of piperazine rings is 1. The number of hydrogen-bond acceptors (Lipinski definition) is 6. The number of ether oxygens (including phenoxy) is 1. The smallest absolute Gasteiger partial charge is 0.263 e. The van der Waals surface area contributed by atoms with Crippen LogP contribution in [-0.4, -0.2) is 58.8 Å². The molecule has 1 aliphatic rings. The van der Waals surface area contributed by atoms with E-state index in [-0.39, 0.29) is 5.56 Å². The van der Waals surface area contributed by atoms with E-state index in [9.17, 15) is 4.79 Å². The van der Waals surface area contributed by atoms with Crippen LogP contribution in [0.25, 0.3) is 11.0 Å². The second-order valence-corrected chi connectivity index (χ2v) is 8.48. The largest absolute Gasteiger partial charge is 0.492 e. The lowest BCUT2D eigenvalue weighted by molar-refractivity contribution is 0.248. The maximum atomic E-state index is 13.1. The molecule has 170 valence electrons. The molecule has 0 spiro atoms. The highest BCUT2D eigenvalue weighted by Crippen LogP contribution is 2.28. The summed E-state index contributed by atoms with van der Waals surface area (Å²) in [6.45, 7) is 14.1. The number of aromatic nitrogens is 3. The number of hydrogen-bond donors (Lipinski definition) is 0. The van der Waals surface area contributed by atoms with E-state index < -0.39 is 0 Å². The molecule has 1 fully saturated rings. The Balaban J connectivity index is 1.36. The van der Waals surface area contributed by atoms with Crippen molar-refractivity contribution in [2.24, 2.45) is 0 Å². The second kappa shape index (κ2) is 9.69. The monoisotopic (exact) mass is 435 g/mol. The van der Waals surface area contributed by atoms with Gasteiger partial charge in [-0.15, -0.1) is 0 Å². The lowest BCUT2D eigenvalue weighted by Gasteiger charge is -2.36. The second-order valence-electron chi connectivity index (χ2n) is 8.48. The number of pyridine rings is 1. The molecular formula is C25H33N5O2. The SMILES string of the molecule is CCOc1ccccc1N1CCN(CCCn2c(C)nc3nc(C)cc(C)c3c2=O)CC1. The fourth-order valence-electron chi connectivity index (χ4n) is 4.58. The van der Waals surface area contributed by atoms with Crippen LogP contribution in [0.15, 0.2) is 35.1 Å². The summed E-state index contributed by atoms with van der Waals surface area (Å²) < 4.78 is 7.61. The third-order valence-electron chi connectivity index (χ3n) is 6.18. The van der Waals surface area contributed by atoms with Gasteiger partial charge >= 0.3 is 0 Å². The molecule has 0 saturated carbocycles. The zero-order chi connectivity index (χ0) is 22.7. The molecule has 7 nitrogen and oxygen atoms in total. The maximum absolute atomic E-state index is 13.1. The highest BCUT2D eigenvalue weighted by atomic mass is 16.5. The summed E-state index contributed by atoms with van der Waals surface area (Å²) in [6.07, 6.45) is 0.918. The van der Waals surface area contributed by atoms with Crippen molar-refractivity contribution in [2.45, 2.75) is 40.7 Å². The number of anilines is 1. The normalized spacial score (nSPS) is 14.8. The van der Waals surface area contributed by atoms with Gasteiger partial charge in [-0.1, -0.05) is 12.1 Å². The highest BCUT2D eigenvalue weighted by molar-refractivity contribution is 5.77. The van der Waals surface area contributed by atoms with E-state index in [1.807, 2.05) is 45.9 Å². The molecule has 0 atom stereocenters. The molecule has 1 aromatic carbocycles. The zero-order valence-electron chi connectivity index (χ0n) is 19.6. The van der Waals surface area contributed by atoms with Gasteiger partial charge in [-0.2, -0.15) is 0 Å². The van der Waals surface area contributed by atoms with Crippen molar-refractivity contribution in [2.75, 3.05) is 44.2 Å². The summed E-state index contributed by atoms with van der Waals surface area (Å²) in [7, 11) is 0. The van der Waals surface area contributed by atoms with Gasteiger partial charge in [0.15, 0.2) is 5.65 Å². The van der Waals surface area contributed by atoms with Gasteiger partial charge in [0.2, 0.25) is 0 Å². The van der Waals surface area contributed by atoms with Crippen molar-refractivity contribution in [3.8, 4) is 5.75 Å². The number of fused-ring (bicyclic) bond motifs is 1. The third-order valence-corrected chi connectivity index (χ3v) is 6.18. The predicted molar refractivity (Wildman–Crippen MR) is 129 cm³/mol. The van der Waals surface area contributed by atoms with Crippen molar-refractivity contribution < 1.29 is 4.74 Å². The fourth-order valence-corrected chi connectivity index (χ4v) is 4.58. The molecule has 2 aromatic heterocycles. The zero-order valence-corrected chi connectivity index (χ0v) is 19.6. The van der Waals surface area contributed by atoms with E-state index in [1.54, 1.807) is 4.57 Å². The molecular weight excluding hydrogens is 402 g/mol. The van der Waals surface area contributed by atoms with Crippen LogP contribution in [0.4, 0.5) is 5.69 Å². The molecule has 0 radical (unpaired) electrons. The number of para-hydroxylation sites is 2. The molecule has 32 heavy (non-hydrogen) atoms. The number of nitrogens with zero attached hydrogens (tertiary/aromatic N) is 5. The Morgan fingerprint density at radius 3 is 2.50 bits per heavy atom. The number of rotatable bonds is 7. The van der Waals surface area contributed by atoms with Crippen LogP contribution < -0.4 is 15.2 Å². The quantitative estimate of drug-likeness (QED) is 0.567. The van der Waals surface area contributed by atoms with Crippen LogP contribution in [-0.2, 0) is 6.54 Å². The van der Waals surface area contributed by atoms with Crippen molar-refractivity contribution in [1.82, 2.24) is 19.4 Å². The van der Waals surface area contributed by atoms with Crippen LogP contribution in [0.1, 0.15) is 30.4 Å². The van der Waals surface area contributed by atoms with Crippen molar-refractivity contribution in [3.63, 3.8) is 0 Å². The van der Waals surface area contributed by atoms with Gasteiger partial charge in [-0.25, -0.2) is 9.97 Å². The summed E-state index contributed by atoms with van der Waals surface area (Å²) in [5.74, 6) is 1.69. The van der Waals surface area contributed by atoms with Crippen molar-refractivity contribution >= 4 is 16.7 Å². The molecule has 3 heterocycles. The molecule has 1 saturated heterocycles. The molecule has 0 aliphatic carbocycles. The molecule has 0 bridgehead atoms. The average Bonchev–Trinajstić information content (AvgIpc) is 2.76. The van der Waals surface area contributed by atoms with Crippen molar-refractivity contribution in [3.05, 3.63) is 57.8 Å². The molecule has 0 unspecified atom stereocenters. The summed E-state index contributed by atoms with van der Waals surface area (Å²) in [6, 6.07) is 10.2. The van der Waals surface area contributed by atoms with Gasteiger partial charge in [0.25, 0.3) is 5.56 Å². The predicted octanol–water partition coefficient (Wildman–Crippen LogP) is 3.33. The lowest BCUT2D eigenvalue weighted by Crippen LogP contribution is -2.47. The van der Waals surface area contributed by atoms with Gasteiger partial charge in [0, 0.05) is 38.4 Å². The summed E-state index contributed by atoms with van der Waals surface area (Å²) in [5, 5.41) is 0.641. The Bertz CT molecular complexity index is 1150. The molecule has 7 heteroatoms. The van der Waals surface area contributed by atoms with Crippen LogP contribution in [0, 0.1) is 20.8 Å². The van der Waals surface area contributed by atoms with E-state index >= 15 is 0 Å². The van der Waals surface area contributed by atoms with Gasteiger partial charge < -0.3 is 9.64 Å². The van der Waals surface area contributed by atoms with E-state index in [0.29, 0.717) is 24.2 Å². The lowest BCUT2D eigenvalue weighted by atomic mass is 10.1. The Labute approximate surface area is 189 Å². The first kappa shape index (κ1) is 22.3. The first-order valence-corrected chi connectivity index (χ1v) is 11.5. The van der Waals surface area contributed by atoms with Crippen LogP contribution in [0.5, 0.6) is 5.75 Å². The van der Waals surface area contributed by atoms with E-state index in [4.69, 9.17) is 4.74 Å². The standard InChI is InChI=1S/C25H33N5O2/c1-5-32-22-10-7-6-9-21(22)29-15-13-28(14-16-29)11-8-12-30-20(4)27-24-23(25(30)31)18(2)17-19(3)26-24/h6-7,9-10,17H,5,8,11-16H2,1-4H3. The van der Waals surface area contributed by atoms with Gasteiger partial charge in [0.05, 0.1) is 17.7 Å². The van der Waals surface area contributed by atoms with Crippen LogP contribution >= 0.6 is 0 Å². The Hall–Kier alpha value is -2.93. The molecule has 0 N–H and O–H groups in total. The highest BCUT2D eigenvalue weighted by Gasteiger charge is 2.19. The minimum absolute atomic E-state index is 0.0230. The van der Waals surface area contributed by atoms with E-state index in [0.717, 1.165) is 62.0 Å². The van der Waals surface area contributed by atoms with Crippen molar-refractivity contribution in [1.29, 1.82) is 0 Å². The molecule has 4 rings (SSSR count). The first-order valence-electron chi connectivity index (χ1n) is 11.5. The van der Waals surface area contributed by atoms with E-state index in [1.165, 1.54) is 5.69 Å². The molecule has 0 amide bonds. The number of aryl methyl sites for hydroxylation is 3. The fraction of sp³-hybridized carbons (Fsp3) is 0.480. The van der Waals surface area contributed by atoms with Crippen LogP contribution in [0.3, 0.4) is 0 Å². The first-order chi connectivity index (χ1) is 15.5. The van der Waals surface area contributed by atoms with Gasteiger partial charge in [-0.3, -0.25) is 14.3 Å². The van der Waals surface area contributed by atoms with Gasteiger partial charge in [0.1, 0.15) is 11.6 Å². The van der Waals surface area contributed by atoms with Crippen LogP contribution in [0.2, 0.25) is 0 Å². The molecule has 1 aliphatic heterocycles. The summed E-state index contributed by atoms with van der Waals surface area (Å²) in [4.78, 5) is 27.0. The summed E-state index contributed by atoms with van der Waals surface area (Å²) in [5.41, 5.74) is 3.60. The third kappa shape index (κ3) is 4.63. The Morgan fingerprint density at radius 2 is 1.75 bits per heavy atom. The summed E-state index contributed by atoms with van der Waals surface area (Å²) >= 11 is 0. The minimum Gasteiger partial charge on any atom is -0.492 e. The molecule has 3 aromatic rings. The maximum Gasteiger partial charge on any atom is 0.263 e. The Morgan fingerprint density at radius 1 is 1.00 bits per heavy atom. The Kier molecular flexibility index (Phi) is 6.74.